The molecule has 0 spiro atoms. The van der Waals surface area contributed by atoms with Crippen molar-refractivity contribution in [3.63, 3.8) is 0 Å². The van der Waals surface area contributed by atoms with Gasteiger partial charge in [-0.3, -0.25) is 15.1 Å². The van der Waals surface area contributed by atoms with Gasteiger partial charge in [-0.2, -0.15) is 0 Å². The zero-order valence-corrected chi connectivity index (χ0v) is 14.1. The lowest BCUT2D eigenvalue weighted by molar-refractivity contribution is -0.383. The van der Waals surface area contributed by atoms with Crippen molar-refractivity contribution in [2.75, 3.05) is 23.3 Å². The number of nitrogens with zero attached hydrogens (tertiary/aromatic N) is 5. The van der Waals surface area contributed by atoms with Gasteiger partial charge in [0, 0.05) is 43.8 Å². The van der Waals surface area contributed by atoms with Crippen LogP contribution in [0.1, 0.15) is 12.8 Å². The second kappa shape index (κ2) is 6.91. The maximum atomic E-state index is 11.3. The quantitative estimate of drug-likeness (QED) is 0.570. The standard InChI is InChI=1S/C18H18N6O2/c25-24(26)16-7-6-15(17-14(16)5-1-8-19-17)22-13-4-2-11-23(12-13)18-20-9-3-10-21-18/h1,3,5-10,13,22H,2,4,11-12H2/t13-/m0/s1. The maximum absolute atomic E-state index is 11.3. The molecule has 1 saturated heterocycles. The number of nitro groups is 1. The summed E-state index contributed by atoms with van der Waals surface area (Å²) in [7, 11) is 0. The lowest BCUT2D eigenvalue weighted by Gasteiger charge is -2.33. The third kappa shape index (κ3) is 3.13. The Morgan fingerprint density at radius 2 is 1.92 bits per heavy atom. The summed E-state index contributed by atoms with van der Waals surface area (Å²) < 4.78 is 0. The van der Waals surface area contributed by atoms with Crippen molar-refractivity contribution in [1.29, 1.82) is 0 Å². The number of fused-ring (bicyclic) bond motifs is 1. The molecule has 0 radical (unpaired) electrons. The highest BCUT2D eigenvalue weighted by molar-refractivity contribution is 5.96. The van der Waals surface area contributed by atoms with Gasteiger partial charge < -0.3 is 10.2 Å². The molecule has 8 heteroatoms. The summed E-state index contributed by atoms with van der Waals surface area (Å²) in [6.07, 6.45) is 7.17. The number of nitrogens with one attached hydrogen (secondary N) is 1. The van der Waals surface area contributed by atoms with Crippen molar-refractivity contribution >= 4 is 28.2 Å². The molecule has 0 aliphatic carbocycles. The van der Waals surface area contributed by atoms with Crippen molar-refractivity contribution in [3.8, 4) is 0 Å². The highest BCUT2D eigenvalue weighted by atomic mass is 16.6. The van der Waals surface area contributed by atoms with Gasteiger partial charge in [-0.1, -0.05) is 0 Å². The average Bonchev–Trinajstić information content (AvgIpc) is 2.69. The first kappa shape index (κ1) is 16.2. The number of rotatable bonds is 4. The van der Waals surface area contributed by atoms with Gasteiger partial charge in [0.2, 0.25) is 5.95 Å². The second-order valence-electron chi connectivity index (χ2n) is 6.27. The predicted molar refractivity (Wildman–Crippen MR) is 99.3 cm³/mol. The molecule has 26 heavy (non-hydrogen) atoms. The number of non-ortho nitro benzene ring substituents is 1. The molecule has 1 aromatic carbocycles. The van der Waals surface area contributed by atoms with Crippen LogP contribution >= 0.6 is 0 Å². The smallest absolute Gasteiger partial charge is 0.278 e. The molecule has 3 aromatic rings. The summed E-state index contributed by atoms with van der Waals surface area (Å²) in [4.78, 5) is 26.0. The zero-order chi connectivity index (χ0) is 17.9. The summed E-state index contributed by atoms with van der Waals surface area (Å²) in [5, 5.41) is 15.3. The first-order chi connectivity index (χ1) is 12.7. The Labute approximate surface area is 150 Å². The van der Waals surface area contributed by atoms with E-state index in [-0.39, 0.29) is 16.7 Å². The van der Waals surface area contributed by atoms with E-state index in [0.29, 0.717) is 10.9 Å². The van der Waals surface area contributed by atoms with Crippen LogP contribution < -0.4 is 10.2 Å². The molecule has 2 aromatic heterocycles. The molecular formula is C18H18N6O2. The van der Waals surface area contributed by atoms with E-state index in [9.17, 15) is 10.1 Å². The minimum atomic E-state index is -0.372. The molecule has 132 valence electrons. The SMILES string of the molecule is O=[N+]([O-])c1ccc(N[C@H]2CCCN(c3ncccn3)C2)c2ncccc12. The molecule has 1 N–H and O–H groups in total. The first-order valence-electron chi connectivity index (χ1n) is 8.53. The summed E-state index contributed by atoms with van der Waals surface area (Å²) in [5.41, 5.74) is 1.50. The molecule has 1 atom stereocenters. The summed E-state index contributed by atoms with van der Waals surface area (Å²) in [5.74, 6) is 0.727. The molecule has 0 unspecified atom stereocenters. The van der Waals surface area contributed by atoms with Crippen LogP contribution in [-0.4, -0.2) is 39.0 Å². The van der Waals surface area contributed by atoms with Crippen LogP contribution in [0.3, 0.4) is 0 Å². The number of piperidine rings is 1. The third-order valence-corrected chi connectivity index (χ3v) is 4.56. The third-order valence-electron chi connectivity index (χ3n) is 4.56. The summed E-state index contributed by atoms with van der Waals surface area (Å²) in [6, 6.07) is 8.72. The Morgan fingerprint density at radius 1 is 1.12 bits per heavy atom. The van der Waals surface area contributed by atoms with Crippen molar-refractivity contribution in [3.05, 3.63) is 59.0 Å². The van der Waals surface area contributed by atoms with Crippen LogP contribution in [0.2, 0.25) is 0 Å². The van der Waals surface area contributed by atoms with Crippen LogP contribution in [-0.2, 0) is 0 Å². The Morgan fingerprint density at radius 3 is 2.73 bits per heavy atom. The van der Waals surface area contributed by atoms with Gasteiger partial charge >= 0.3 is 0 Å². The first-order valence-corrected chi connectivity index (χ1v) is 8.53. The Bertz CT molecular complexity index is 933. The second-order valence-corrected chi connectivity index (χ2v) is 6.27. The number of pyridine rings is 1. The molecule has 0 amide bonds. The fraction of sp³-hybridized carbons (Fsp3) is 0.278. The molecule has 0 saturated carbocycles. The van der Waals surface area contributed by atoms with Crippen molar-refractivity contribution < 1.29 is 4.92 Å². The minimum absolute atomic E-state index is 0.0709. The van der Waals surface area contributed by atoms with Gasteiger partial charge in [0.05, 0.1) is 16.0 Å². The minimum Gasteiger partial charge on any atom is -0.379 e. The van der Waals surface area contributed by atoms with E-state index in [1.165, 1.54) is 6.07 Å². The van der Waals surface area contributed by atoms with Crippen LogP contribution in [0, 0.1) is 10.1 Å². The van der Waals surface area contributed by atoms with Crippen LogP contribution in [0.15, 0.2) is 48.9 Å². The van der Waals surface area contributed by atoms with Gasteiger partial charge in [-0.15, -0.1) is 0 Å². The molecular weight excluding hydrogens is 332 g/mol. The van der Waals surface area contributed by atoms with E-state index in [4.69, 9.17) is 0 Å². The summed E-state index contributed by atoms with van der Waals surface area (Å²) >= 11 is 0. The lowest BCUT2D eigenvalue weighted by Crippen LogP contribution is -2.42. The van der Waals surface area contributed by atoms with Crippen molar-refractivity contribution in [2.45, 2.75) is 18.9 Å². The number of hydrogen-bond donors (Lipinski definition) is 1. The molecule has 1 aliphatic heterocycles. The van der Waals surface area contributed by atoms with Gasteiger partial charge in [0.15, 0.2) is 0 Å². The van der Waals surface area contributed by atoms with E-state index in [0.717, 1.165) is 37.6 Å². The van der Waals surface area contributed by atoms with Crippen molar-refractivity contribution in [1.82, 2.24) is 15.0 Å². The van der Waals surface area contributed by atoms with Crippen molar-refractivity contribution in [2.24, 2.45) is 0 Å². The topological polar surface area (TPSA) is 97.1 Å². The van der Waals surface area contributed by atoms with Gasteiger partial charge in [0.1, 0.15) is 5.52 Å². The average molecular weight is 350 g/mol. The van der Waals surface area contributed by atoms with E-state index < -0.39 is 0 Å². The maximum Gasteiger partial charge on any atom is 0.278 e. The van der Waals surface area contributed by atoms with Crippen LogP contribution in [0.4, 0.5) is 17.3 Å². The largest absolute Gasteiger partial charge is 0.379 e. The fourth-order valence-electron chi connectivity index (χ4n) is 3.38. The van der Waals surface area contributed by atoms with E-state index >= 15 is 0 Å². The summed E-state index contributed by atoms with van der Waals surface area (Å²) in [6.45, 7) is 1.69. The Hall–Kier alpha value is -3.29. The zero-order valence-electron chi connectivity index (χ0n) is 14.1. The number of benzene rings is 1. The lowest BCUT2D eigenvalue weighted by atomic mass is 10.0. The molecule has 8 nitrogen and oxygen atoms in total. The number of aromatic nitrogens is 3. The number of nitro benzene ring substituents is 1. The number of hydrogen-bond acceptors (Lipinski definition) is 7. The molecule has 1 fully saturated rings. The van der Waals surface area contributed by atoms with E-state index in [1.807, 2.05) is 0 Å². The van der Waals surface area contributed by atoms with Gasteiger partial charge in [0.25, 0.3) is 5.69 Å². The van der Waals surface area contributed by atoms with E-state index in [1.54, 1.807) is 42.9 Å². The highest BCUT2D eigenvalue weighted by Gasteiger charge is 2.23. The predicted octanol–water partition coefficient (Wildman–Crippen LogP) is 3.01. The fourth-order valence-corrected chi connectivity index (χ4v) is 3.38. The number of anilines is 2. The highest BCUT2D eigenvalue weighted by Crippen LogP contribution is 2.31. The van der Waals surface area contributed by atoms with E-state index in [2.05, 4.69) is 25.2 Å². The Balaban J connectivity index is 1.59. The monoisotopic (exact) mass is 350 g/mol. The molecule has 3 heterocycles. The van der Waals surface area contributed by atoms with Gasteiger partial charge in [-0.25, -0.2) is 9.97 Å². The van der Waals surface area contributed by atoms with Crippen LogP contribution in [0.5, 0.6) is 0 Å². The Kier molecular flexibility index (Phi) is 4.30. The molecule has 0 bridgehead atoms. The normalized spacial score (nSPS) is 17.2. The molecule has 1 aliphatic rings. The van der Waals surface area contributed by atoms with Gasteiger partial charge in [-0.05, 0) is 37.1 Å². The molecule has 4 rings (SSSR count). The van der Waals surface area contributed by atoms with Crippen LogP contribution in [0.25, 0.3) is 10.9 Å².